The summed E-state index contributed by atoms with van der Waals surface area (Å²) < 4.78 is 18.4. The van der Waals surface area contributed by atoms with Gasteiger partial charge in [-0.25, -0.2) is 4.79 Å². The quantitative estimate of drug-likeness (QED) is 0.0807. The van der Waals surface area contributed by atoms with Gasteiger partial charge in [-0.3, -0.25) is 15.0 Å². The van der Waals surface area contributed by atoms with Gasteiger partial charge in [0.2, 0.25) is 11.8 Å². The maximum absolute atomic E-state index is 13.7. The van der Waals surface area contributed by atoms with Crippen molar-refractivity contribution in [2.24, 2.45) is 23.2 Å². The van der Waals surface area contributed by atoms with Crippen LogP contribution in [0.5, 0.6) is 0 Å². The van der Waals surface area contributed by atoms with Crippen LogP contribution in [-0.2, 0) is 23.6 Å². The van der Waals surface area contributed by atoms with Gasteiger partial charge in [0, 0.05) is 26.6 Å². The minimum absolute atomic E-state index is 0.00220. The fourth-order valence-electron chi connectivity index (χ4n) is 6.84. The van der Waals surface area contributed by atoms with Gasteiger partial charge in [0.15, 0.2) is 5.96 Å². The van der Waals surface area contributed by atoms with Gasteiger partial charge in [-0.1, -0.05) is 27.7 Å². The number of alkyl carbamates (subject to hydrolysis) is 1. The van der Waals surface area contributed by atoms with Crippen molar-refractivity contribution in [3.05, 3.63) is 0 Å². The molecule has 1 aliphatic heterocycles. The Kier molecular flexibility index (Phi) is 11.4. The van der Waals surface area contributed by atoms with E-state index in [1.807, 2.05) is 0 Å². The van der Waals surface area contributed by atoms with Gasteiger partial charge in [0.05, 0.1) is 17.6 Å². The van der Waals surface area contributed by atoms with Crippen LogP contribution in [0.1, 0.15) is 93.9 Å². The summed E-state index contributed by atoms with van der Waals surface area (Å²) >= 11 is 0. The fourth-order valence-corrected chi connectivity index (χ4v) is 6.84. The highest BCUT2D eigenvalue weighted by Crippen LogP contribution is 2.65. The summed E-state index contributed by atoms with van der Waals surface area (Å²) in [7, 11) is 1.09. The zero-order valence-electron chi connectivity index (χ0n) is 27.6. The van der Waals surface area contributed by atoms with Crippen LogP contribution in [0.4, 0.5) is 4.79 Å². The van der Waals surface area contributed by atoms with E-state index in [0.29, 0.717) is 37.6 Å². The molecule has 0 aromatic heterocycles. The lowest BCUT2D eigenvalue weighted by Crippen LogP contribution is -2.65. The Morgan fingerprint density at radius 2 is 1.77 bits per heavy atom. The third kappa shape index (κ3) is 9.00. The van der Waals surface area contributed by atoms with Crippen molar-refractivity contribution in [2.45, 2.75) is 123 Å². The molecule has 2 bridgehead atoms. The molecule has 43 heavy (non-hydrogen) atoms. The number of rotatable bonds is 13. The molecule has 6 atom stereocenters. The molecule has 244 valence electrons. The average molecular weight is 607 g/mol. The third-order valence-corrected chi connectivity index (χ3v) is 9.24. The summed E-state index contributed by atoms with van der Waals surface area (Å²) in [5.41, 5.74) is -0.814. The van der Waals surface area contributed by atoms with E-state index in [0.717, 1.165) is 12.8 Å². The van der Waals surface area contributed by atoms with Gasteiger partial charge in [0.1, 0.15) is 11.6 Å². The van der Waals surface area contributed by atoms with Crippen LogP contribution < -0.4 is 26.6 Å². The predicted molar refractivity (Wildman–Crippen MR) is 166 cm³/mol. The van der Waals surface area contributed by atoms with Gasteiger partial charge in [0.25, 0.3) is 0 Å². The molecule has 0 unspecified atom stereocenters. The molecular weight excluding hydrogens is 551 g/mol. The van der Waals surface area contributed by atoms with Crippen molar-refractivity contribution < 1.29 is 28.4 Å². The number of hydrogen-bond donors (Lipinski definition) is 6. The van der Waals surface area contributed by atoms with E-state index in [4.69, 9.17) is 19.5 Å². The molecule has 3 aliphatic carbocycles. The lowest BCUT2D eigenvalue weighted by molar-refractivity contribution is -0.199. The molecule has 4 rings (SSSR count). The molecule has 0 aromatic carbocycles. The molecule has 1 saturated heterocycles. The number of carbonyl (C=O) groups excluding carboxylic acids is 3. The van der Waals surface area contributed by atoms with Gasteiger partial charge in [-0.05, 0) is 83.0 Å². The lowest BCUT2D eigenvalue weighted by atomic mass is 9.43. The zero-order chi connectivity index (χ0) is 32.2. The van der Waals surface area contributed by atoms with Gasteiger partial charge < -0.3 is 40.6 Å². The monoisotopic (exact) mass is 606 g/mol. The van der Waals surface area contributed by atoms with Gasteiger partial charge >= 0.3 is 13.2 Å². The molecule has 1 heterocycles. The maximum atomic E-state index is 13.7. The first-order chi connectivity index (χ1) is 20.0. The molecule has 12 nitrogen and oxygen atoms in total. The van der Waals surface area contributed by atoms with Crippen LogP contribution in [0.15, 0.2) is 0 Å². The van der Waals surface area contributed by atoms with Gasteiger partial charge in [-0.15, -0.1) is 0 Å². The number of carbonyl (C=O) groups is 3. The van der Waals surface area contributed by atoms with Crippen molar-refractivity contribution in [1.82, 2.24) is 26.6 Å². The fraction of sp³-hybridized carbons (Fsp3) is 0.867. The predicted octanol–water partition coefficient (Wildman–Crippen LogP) is 2.71. The number of ether oxygens (including phenoxy) is 1. The first kappa shape index (κ1) is 34.9. The Bertz CT molecular complexity index is 1020. The van der Waals surface area contributed by atoms with Crippen LogP contribution in [0.25, 0.3) is 0 Å². The molecule has 3 saturated carbocycles. The van der Waals surface area contributed by atoms with Crippen molar-refractivity contribution >= 4 is 31.0 Å². The molecule has 0 spiro atoms. The van der Waals surface area contributed by atoms with Crippen LogP contribution >= 0.6 is 0 Å². The third-order valence-electron chi connectivity index (χ3n) is 9.24. The van der Waals surface area contributed by atoms with Crippen LogP contribution in [0, 0.1) is 28.6 Å². The Balaban J connectivity index is 1.64. The van der Waals surface area contributed by atoms with Crippen LogP contribution in [0.2, 0.25) is 0 Å². The smallest absolute Gasteiger partial charge is 0.444 e. The van der Waals surface area contributed by atoms with Crippen molar-refractivity contribution in [1.29, 1.82) is 5.41 Å². The molecular formula is C30H55BN6O6. The second-order valence-corrected chi connectivity index (χ2v) is 14.6. The summed E-state index contributed by atoms with van der Waals surface area (Å²) in [6.07, 6.45) is 3.07. The average Bonchev–Trinajstić information content (AvgIpc) is 3.25. The molecule has 4 aliphatic rings. The summed E-state index contributed by atoms with van der Waals surface area (Å²) in [4.78, 5) is 38.5. The van der Waals surface area contributed by atoms with E-state index < -0.39 is 24.9 Å². The maximum Gasteiger partial charge on any atom is 0.481 e. The number of guanidine groups is 1. The van der Waals surface area contributed by atoms with E-state index >= 15 is 0 Å². The highest BCUT2D eigenvalue weighted by molar-refractivity contribution is 6.48. The molecule has 0 radical (unpaired) electrons. The first-order valence-electron chi connectivity index (χ1n) is 15.9. The van der Waals surface area contributed by atoms with Crippen molar-refractivity contribution in [3.8, 4) is 0 Å². The highest BCUT2D eigenvalue weighted by Gasteiger charge is 2.68. The summed E-state index contributed by atoms with van der Waals surface area (Å²) in [5.74, 6) is 0.455. The number of nitrogens with one attached hydrogen (secondary N) is 6. The highest BCUT2D eigenvalue weighted by atomic mass is 16.7. The summed E-state index contributed by atoms with van der Waals surface area (Å²) in [6.45, 7) is 16.8. The van der Waals surface area contributed by atoms with E-state index in [1.165, 1.54) is 0 Å². The lowest BCUT2D eigenvalue weighted by Gasteiger charge is -2.64. The van der Waals surface area contributed by atoms with E-state index in [1.54, 1.807) is 27.8 Å². The van der Waals surface area contributed by atoms with E-state index in [9.17, 15) is 14.4 Å². The topological polar surface area (TPSA) is 163 Å². The van der Waals surface area contributed by atoms with Crippen LogP contribution in [0.3, 0.4) is 0 Å². The molecule has 0 aromatic rings. The van der Waals surface area contributed by atoms with Gasteiger partial charge in [-0.2, -0.15) is 0 Å². The molecule has 6 N–H and O–H groups in total. The Morgan fingerprint density at radius 1 is 1.07 bits per heavy atom. The molecule has 13 heteroatoms. The largest absolute Gasteiger partial charge is 0.481 e. The minimum Gasteiger partial charge on any atom is -0.444 e. The second kappa shape index (κ2) is 14.1. The second-order valence-electron chi connectivity index (χ2n) is 14.6. The van der Waals surface area contributed by atoms with Crippen molar-refractivity contribution in [3.63, 3.8) is 0 Å². The van der Waals surface area contributed by atoms with E-state index in [-0.39, 0.29) is 59.7 Å². The Hall–Kier alpha value is -2.54. The minimum atomic E-state index is -0.805. The standard InChI is InChI=1S/C30H55BN6O6/c1-18(2)15-23(31-42-22-17-19-16-21(29(19,6)7)30(22,8)43-31)37-25(39)20(11-10-13-34-26(32)33-9)36-24(38)12-14-35-27(40)41-28(3,4)5/h18-23H,10-17H2,1-9H3,(H,35,40)(H,36,38)(H,37,39)(H3,32,33,34)/t19-,20-,21-,22+,23-,30-/m0/s1. The Morgan fingerprint density at radius 3 is 2.37 bits per heavy atom. The Labute approximate surface area is 257 Å². The van der Waals surface area contributed by atoms with Crippen LogP contribution in [-0.4, -0.2) is 80.4 Å². The normalized spacial score (nSPS) is 26.8. The van der Waals surface area contributed by atoms with E-state index in [2.05, 4.69) is 61.2 Å². The zero-order valence-corrected chi connectivity index (χ0v) is 27.6. The summed E-state index contributed by atoms with van der Waals surface area (Å²) in [6, 6.07) is -0.805. The first-order valence-corrected chi connectivity index (χ1v) is 15.9. The summed E-state index contributed by atoms with van der Waals surface area (Å²) in [5, 5.41) is 22.0. The van der Waals surface area contributed by atoms with Crippen molar-refractivity contribution in [2.75, 3.05) is 20.1 Å². The SMILES string of the molecule is CNC(=N)NCCC[C@H](NC(=O)CCNC(=O)OC(C)(C)C)C(=O)N[C@@H](CC(C)C)B1O[C@@H]2C[C@@H]3C[C@@H](C3(C)C)[C@]2(C)O1. The number of amides is 3. The molecule has 3 amide bonds. The number of hydrogen-bond acceptors (Lipinski definition) is 7. The molecule has 4 fully saturated rings.